The van der Waals surface area contributed by atoms with E-state index in [-0.39, 0.29) is 0 Å². The summed E-state index contributed by atoms with van der Waals surface area (Å²) in [5.74, 6) is 0. The van der Waals surface area contributed by atoms with Crippen molar-refractivity contribution in [3.63, 3.8) is 0 Å². The molecule has 13 heavy (non-hydrogen) atoms. The fraction of sp³-hybridized carbons (Fsp3) is 0. The molecule has 0 bridgehead atoms. The number of nitriles is 1. The molecule has 2 aromatic rings. The van der Waals surface area contributed by atoms with Gasteiger partial charge in [0, 0.05) is 17.8 Å². The van der Waals surface area contributed by atoms with Crippen molar-refractivity contribution in [3.8, 4) is 6.07 Å². The van der Waals surface area contributed by atoms with Crippen LogP contribution in [0.3, 0.4) is 0 Å². The van der Waals surface area contributed by atoms with Crippen molar-refractivity contribution in [2.45, 2.75) is 0 Å². The summed E-state index contributed by atoms with van der Waals surface area (Å²) in [5.41, 5.74) is 2.35. The van der Waals surface area contributed by atoms with Crippen LogP contribution in [0, 0.1) is 11.3 Å². The predicted molar refractivity (Wildman–Crippen MR) is 48.7 cm³/mol. The highest BCUT2D eigenvalue weighted by molar-refractivity contribution is 5.83. The Morgan fingerprint density at radius 1 is 1.54 bits per heavy atom. The molecule has 62 valence electrons. The molecule has 0 aromatic carbocycles. The summed E-state index contributed by atoms with van der Waals surface area (Å²) in [5, 5.41) is 8.35. The van der Waals surface area contributed by atoms with Gasteiger partial charge in [-0.15, -0.1) is 0 Å². The third-order valence-electron chi connectivity index (χ3n) is 1.69. The molecule has 2 heterocycles. The molecule has 0 saturated heterocycles. The highest BCUT2D eigenvalue weighted by atomic mass is 16.3. The van der Waals surface area contributed by atoms with Gasteiger partial charge in [0.1, 0.15) is 11.8 Å². The van der Waals surface area contributed by atoms with Crippen molar-refractivity contribution in [2.75, 3.05) is 0 Å². The minimum atomic E-state index is 0.736. The van der Waals surface area contributed by atoms with Gasteiger partial charge in [-0.05, 0) is 18.2 Å². The number of nitrogens with zero attached hydrogens (tertiary/aromatic N) is 2. The van der Waals surface area contributed by atoms with Crippen LogP contribution in [0.5, 0.6) is 0 Å². The second-order valence-corrected chi connectivity index (χ2v) is 2.50. The smallest absolute Gasteiger partial charge is 0.152 e. The van der Waals surface area contributed by atoms with E-state index >= 15 is 0 Å². The minimum absolute atomic E-state index is 0.736. The van der Waals surface area contributed by atoms with Crippen molar-refractivity contribution >= 4 is 17.2 Å². The third-order valence-corrected chi connectivity index (χ3v) is 1.69. The third kappa shape index (κ3) is 1.30. The number of pyridine rings is 1. The Kier molecular flexibility index (Phi) is 1.81. The van der Waals surface area contributed by atoms with Crippen molar-refractivity contribution in [1.82, 2.24) is 4.98 Å². The SMILES string of the molecule is N#C/C=C/c1coc2cccnc12. The van der Waals surface area contributed by atoms with Gasteiger partial charge in [0.05, 0.1) is 6.07 Å². The Morgan fingerprint density at radius 2 is 2.46 bits per heavy atom. The molecule has 2 rings (SSSR count). The summed E-state index contributed by atoms with van der Waals surface area (Å²) in [6, 6.07) is 5.57. The number of hydrogen-bond donors (Lipinski definition) is 0. The van der Waals surface area contributed by atoms with Gasteiger partial charge in [0.25, 0.3) is 0 Å². The number of furan rings is 1. The van der Waals surface area contributed by atoms with Crippen LogP contribution in [0.15, 0.2) is 35.1 Å². The van der Waals surface area contributed by atoms with Crippen LogP contribution in [0.2, 0.25) is 0 Å². The highest BCUT2D eigenvalue weighted by Crippen LogP contribution is 2.18. The topological polar surface area (TPSA) is 49.8 Å². The molecule has 3 heteroatoms. The van der Waals surface area contributed by atoms with Crippen LogP contribution in [0.25, 0.3) is 17.2 Å². The van der Waals surface area contributed by atoms with E-state index in [2.05, 4.69) is 4.98 Å². The first-order valence-corrected chi connectivity index (χ1v) is 3.80. The van der Waals surface area contributed by atoms with Crippen LogP contribution < -0.4 is 0 Å². The molecule has 0 spiro atoms. The highest BCUT2D eigenvalue weighted by Gasteiger charge is 2.01. The molecular formula is C10H6N2O. The van der Waals surface area contributed by atoms with E-state index in [0.29, 0.717) is 0 Å². The average molecular weight is 170 g/mol. The van der Waals surface area contributed by atoms with E-state index in [1.165, 1.54) is 6.08 Å². The van der Waals surface area contributed by atoms with Crippen molar-refractivity contribution in [1.29, 1.82) is 5.26 Å². The Hall–Kier alpha value is -2.08. The van der Waals surface area contributed by atoms with Crippen LogP contribution in [-0.2, 0) is 0 Å². The maximum absolute atomic E-state index is 8.35. The first-order chi connectivity index (χ1) is 6.42. The molecule has 0 atom stereocenters. The van der Waals surface area contributed by atoms with Gasteiger partial charge in [-0.3, -0.25) is 4.98 Å². The Labute approximate surface area is 74.9 Å². The lowest BCUT2D eigenvalue weighted by Gasteiger charge is -1.85. The zero-order valence-corrected chi connectivity index (χ0v) is 6.77. The fourth-order valence-electron chi connectivity index (χ4n) is 1.13. The van der Waals surface area contributed by atoms with E-state index in [1.807, 2.05) is 18.2 Å². The van der Waals surface area contributed by atoms with E-state index in [1.54, 1.807) is 18.5 Å². The zero-order valence-electron chi connectivity index (χ0n) is 6.77. The van der Waals surface area contributed by atoms with Gasteiger partial charge in [0.2, 0.25) is 0 Å². The summed E-state index contributed by atoms with van der Waals surface area (Å²) in [6.07, 6.45) is 6.37. The molecular weight excluding hydrogens is 164 g/mol. The van der Waals surface area contributed by atoms with Gasteiger partial charge in [-0.2, -0.15) is 5.26 Å². The summed E-state index contributed by atoms with van der Waals surface area (Å²) < 4.78 is 5.22. The maximum atomic E-state index is 8.35. The standard InChI is InChI=1S/C10H6N2O/c11-5-1-3-8-7-13-9-4-2-6-12-10(8)9/h1-4,6-7H/b3-1+. The molecule has 0 amide bonds. The average Bonchev–Trinajstić information content (AvgIpc) is 2.58. The lowest BCUT2D eigenvalue weighted by molar-refractivity contribution is 0.614. The number of hydrogen-bond acceptors (Lipinski definition) is 3. The van der Waals surface area contributed by atoms with Gasteiger partial charge in [-0.25, -0.2) is 0 Å². The van der Waals surface area contributed by atoms with Crippen molar-refractivity contribution < 1.29 is 4.42 Å². The molecule has 3 nitrogen and oxygen atoms in total. The number of fused-ring (bicyclic) bond motifs is 1. The van der Waals surface area contributed by atoms with E-state index in [9.17, 15) is 0 Å². The second-order valence-electron chi connectivity index (χ2n) is 2.50. The van der Waals surface area contributed by atoms with Crippen LogP contribution in [-0.4, -0.2) is 4.98 Å². The summed E-state index contributed by atoms with van der Waals surface area (Å²) in [7, 11) is 0. The minimum Gasteiger partial charge on any atom is -0.462 e. The molecule has 0 aliphatic carbocycles. The van der Waals surface area contributed by atoms with Crippen molar-refractivity contribution in [3.05, 3.63) is 36.2 Å². The molecule has 2 aromatic heterocycles. The van der Waals surface area contributed by atoms with Gasteiger partial charge < -0.3 is 4.42 Å². The monoisotopic (exact) mass is 170 g/mol. The quantitative estimate of drug-likeness (QED) is 0.617. The molecule has 0 radical (unpaired) electrons. The second kappa shape index (κ2) is 3.11. The molecule has 0 fully saturated rings. The van der Waals surface area contributed by atoms with Gasteiger partial charge >= 0.3 is 0 Å². The van der Waals surface area contributed by atoms with Crippen LogP contribution >= 0.6 is 0 Å². The number of rotatable bonds is 1. The van der Waals surface area contributed by atoms with Gasteiger partial charge in [-0.1, -0.05) is 0 Å². The Balaban J connectivity index is 2.59. The first-order valence-electron chi connectivity index (χ1n) is 3.80. The molecule has 0 unspecified atom stereocenters. The largest absolute Gasteiger partial charge is 0.462 e. The van der Waals surface area contributed by atoms with Crippen molar-refractivity contribution in [2.24, 2.45) is 0 Å². The maximum Gasteiger partial charge on any atom is 0.152 e. The molecule has 0 aliphatic heterocycles. The van der Waals surface area contributed by atoms with Crippen LogP contribution in [0.1, 0.15) is 5.56 Å². The number of aromatic nitrogens is 1. The number of allylic oxidation sites excluding steroid dienone is 1. The first kappa shape index (κ1) is 7.56. The summed E-state index contributed by atoms with van der Waals surface area (Å²) in [6.45, 7) is 0. The normalized spacial score (nSPS) is 10.7. The lowest BCUT2D eigenvalue weighted by atomic mass is 10.2. The summed E-state index contributed by atoms with van der Waals surface area (Å²) >= 11 is 0. The Bertz CT molecular complexity index is 491. The van der Waals surface area contributed by atoms with E-state index < -0.39 is 0 Å². The lowest BCUT2D eigenvalue weighted by Crippen LogP contribution is -1.73. The van der Waals surface area contributed by atoms with Crippen LogP contribution in [0.4, 0.5) is 0 Å². The van der Waals surface area contributed by atoms with Gasteiger partial charge in [0.15, 0.2) is 5.58 Å². The van der Waals surface area contributed by atoms with E-state index in [0.717, 1.165) is 16.7 Å². The molecule has 0 aliphatic rings. The zero-order chi connectivity index (χ0) is 9.10. The fourth-order valence-corrected chi connectivity index (χ4v) is 1.13. The molecule has 0 N–H and O–H groups in total. The van der Waals surface area contributed by atoms with E-state index in [4.69, 9.17) is 9.68 Å². The Morgan fingerprint density at radius 3 is 3.31 bits per heavy atom. The summed E-state index contributed by atoms with van der Waals surface area (Å²) in [4.78, 5) is 4.14. The molecule has 0 saturated carbocycles. The predicted octanol–water partition coefficient (Wildman–Crippen LogP) is 2.36.